The van der Waals surface area contributed by atoms with Crippen molar-refractivity contribution in [3.8, 4) is 16.9 Å². The molecule has 3 aromatic carbocycles. The van der Waals surface area contributed by atoms with Crippen LogP contribution in [-0.4, -0.2) is 40.4 Å². The lowest BCUT2D eigenvalue weighted by Crippen LogP contribution is -2.34. The van der Waals surface area contributed by atoms with Gasteiger partial charge in [-0.1, -0.05) is 58.7 Å². The van der Waals surface area contributed by atoms with Gasteiger partial charge in [0.15, 0.2) is 5.15 Å². The molecule has 0 aliphatic carbocycles. The van der Waals surface area contributed by atoms with Gasteiger partial charge in [-0.2, -0.15) is 13.2 Å². The van der Waals surface area contributed by atoms with Crippen LogP contribution in [0.5, 0.6) is 0 Å². The SMILES string of the molecule is O=C(Nc1ccc2nc(C(F)(F)F)[nH]c2c1)C(Cc1ccccc1)n1cnc(-c2cc(Cl)ccc2-n2cc(Cl)nn2)cc1=O. The summed E-state index contributed by atoms with van der Waals surface area (Å²) in [5, 5.41) is 11.0. The molecule has 10 nitrogen and oxygen atoms in total. The van der Waals surface area contributed by atoms with Gasteiger partial charge in [-0.05, 0) is 42.0 Å². The number of anilines is 1. The third-order valence-electron chi connectivity index (χ3n) is 6.71. The maximum absolute atomic E-state index is 13.7. The Labute approximate surface area is 256 Å². The molecule has 1 amide bonds. The molecule has 0 aliphatic heterocycles. The summed E-state index contributed by atoms with van der Waals surface area (Å²) in [5.74, 6) is -1.73. The zero-order valence-electron chi connectivity index (χ0n) is 22.3. The van der Waals surface area contributed by atoms with Crippen molar-refractivity contribution in [1.82, 2.24) is 34.5 Å². The quantitative estimate of drug-likeness (QED) is 0.217. The lowest BCUT2D eigenvalue weighted by Gasteiger charge is -2.20. The fourth-order valence-electron chi connectivity index (χ4n) is 4.67. The number of H-pyrrole nitrogens is 1. The number of amides is 1. The highest BCUT2D eigenvalue weighted by molar-refractivity contribution is 6.31. The molecule has 0 radical (unpaired) electrons. The first-order valence-corrected chi connectivity index (χ1v) is 13.7. The van der Waals surface area contributed by atoms with Crippen LogP contribution in [0.25, 0.3) is 28.0 Å². The maximum atomic E-state index is 13.7. The Balaban J connectivity index is 1.35. The van der Waals surface area contributed by atoms with Gasteiger partial charge in [0.1, 0.15) is 6.04 Å². The van der Waals surface area contributed by atoms with E-state index < -0.39 is 29.5 Å². The average Bonchev–Trinajstić information content (AvgIpc) is 3.63. The molecule has 15 heteroatoms. The number of aromatic nitrogens is 7. The first kappa shape index (κ1) is 29.1. The van der Waals surface area contributed by atoms with Gasteiger partial charge in [0.05, 0.1) is 34.9 Å². The topological polar surface area (TPSA) is 123 Å². The molecule has 1 unspecified atom stereocenters. The summed E-state index contributed by atoms with van der Waals surface area (Å²) in [6, 6.07) is 18.3. The van der Waals surface area contributed by atoms with E-state index in [1.165, 1.54) is 46.0 Å². The number of carbonyl (C=O) groups excluding carboxylic acids is 1. The first-order valence-electron chi connectivity index (χ1n) is 12.9. The van der Waals surface area contributed by atoms with Crippen LogP contribution in [0.1, 0.15) is 17.4 Å². The first-order chi connectivity index (χ1) is 21.0. The molecule has 222 valence electrons. The smallest absolute Gasteiger partial charge is 0.334 e. The van der Waals surface area contributed by atoms with Crippen molar-refractivity contribution in [3.63, 3.8) is 0 Å². The van der Waals surface area contributed by atoms with Gasteiger partial charge in [0, 0.05) is 28.8 Å². The van der Waals surface area contributed by atoms with Gasteiger partial charge in [-0.15, -0.1) is 5.10 Å². The van der Waals surface area contributed by atoms with Gasteiger partial charge in [0.2, 0.25) is 11.7 Å². The van der Waals surface area contributed by atoms with Crippen molar-refractivity contribution in [2.75, 3.05) is 5.32 Å². The van der Waals surface area contributed by atoms with Crippen molar-refractivity contribution in [2.45, 2.75) is 18.6 Å². The van der Waals surface area contributed by atoms with Gasteiger partial charge in [-0.3, -0.25) is 14.2 Å². The molecule has 1 atom stereocenters. The molecule has 6 rings (SSSR count). The molecule has 0 aliphatic rings. The summed E-state index contributed by atoms with van der Waals surface area (Å²) >= 11 is 12.2. The normalized spacial score (nSPS) is 12.4. The van der Waals surface area contributed by atoms with E-state index in [1.807, 2.05) is 18.2 Å². The van der Waals surface area contributed by atoms with E-state index in [0.717, 1.165) is 5.56 Å². The van der Waals surface area contributed by atoms with Crippen molar-refractivity contribution in [3.05, 3.63) is 117 Å². The largest absolute Gasteiger partial charge is 0.449 e. The number of alkyl halides is 3. The van der Waals surface area contributed by atoms with Gasteiger partial charge in [0.25, 0.3) is 5.56 Å². The molecular weight excluding hydrogens is 620 g/mol. The number of hydrogen-bond donors (Lipinski definition) is 2. The van der Waals surface area contributed by atoms with Crippen LogP contribution in [0.15, 0.2) is 90.1 Å². The van der Waals surface area contributed by atoms with Crippen LogP contribution >= 0.6 is 23.2 Å². The second-order valence-electron chi connectivity index (χ2n) is 9.68. The Morgan fingerprint density at radius 3 is 2.52 bits per heavy atom. The van der Waals surface area contributed by atoms with E-state index in [2.05, 4.69) is 30.6 Å². The van der Waals surface area contributed by atoms with Gasteiger partial charge >= 0.3 is 6.18 Å². The third kappa shape index (κ3) is 6.05. The number of hydrogen-bond acceptors (Lipinski definition) is 6. The number of carbonyl (C=O) groups is 1. The highest BCUT2D eigenvalue weighted by Gasteiger charge is 2.34. The lowest BCUT2D eigenvalue weighted by atomic mass is 10.0. The molecule has 44 heavy (non-hydrogen) atoms. The summed E-state index contributed by atoms with van der Waals surface area (Å²) in [6.45, 7) is 0. The third-order valence-corrected chi connectivity index (χ3v) is 7.12. The van der Waals surface area contributed by atoms with E-state index >= 15 is 0 Å². The van der Waals surface area contributed by atoms with Crippen LogP contribution in [0.4, 0.5) is 18.9 Å². The van der Waals surface area contributed by atoms with Crippen molar-refractivity contribution < 1.29 is 18.0 Å². The van der Waals surface area contributed by atoms with Gasteiger partial charge < -0.3 is 10.3 Å². The number of nitrogens with one attached hydrogen (secondary N) is 2. The zero-order valence-corrected chi connectivity index (χ0v) is 23.8. The van der Waals surface area contributed by atoms with Crippen molar-refractivity contribution >= 4 is 45.8 Å². The molecule has 0 saturated heterocycles. The second kappa shape index (κ2) is 11.6. The number of aromatic amines is 1. The number of imidazole rings is 1. The fraction of sp³-hybridized carbons (Fsp3) is 0.103. The second-order valence-corrected chi connectivity index (χ2v) is 10.5. The number of rotatable bonds is 7. The van der Waals surface area contributed by atoms with E-state index in [4.69, 9.17) is 23.2 Å². The highest BCUT2D eigenvalue weighted by Crippen LogP contribution is 2.30. The van der Waals surface area contributed by atoms with Crippen molar-refractivity contribution in [1.29, 1.82) is 0 Å². The zero-order chi connectivity index (χ0) is 31.0. The summed E-state index contributed by atoms with van der Waals surface area (Å²) in [7, 11) is 0. The molecule has 0 saturated carbocycles. The molecule has 3 aromatic heterocycles. The number of nitrogens with zero attached hydrogens (tertiary/aromatic N) is 6. The minimum atomic E-state index is -4.66. The molecule has 0 spiro atoms. The Morgan fingerprint density at radius 2 is 1.82 bits per heavy atom. The summed E-state index contributed by atoms with van der Waals surface area (Å²) < 4.78 is 42.0. The van der Waals surface area contributed by atoms with Crippen LogP contribution in [-0.2, 0) is 17.4 Å². The highest BCUT2D eigenvalue weighted by atomic mass is 35.5. The number of benzene rings is 3. The molecule has 0 bridgehead atoms. The van der Waals surface area contributed by atoms with E-state index in [1.54, 1.807) is 30.3 Å². The average molecular weight is 639 g/mol. The van der Waals surface area contributed by atoms with Crippen LogP contribution in [0, 0.1) is 0 Å². The maximum Gasteiger partial charge on any atom is 0.449 e. The van der Waals surface area contributed by atoms with E-state index in [9.17, 15) is 22.8 Å². The number of fused-ring (bicyclic) bond motifs is 1. The summed E-state index contributed by atoms with van der Waals surface area (Å²) in [6.07, 6.45) is -1.78. The van der Waals surface area contributed by atoms with E-state index in [0.29, 0.717) is 16.3 Å². The summed E-state index contributed by atoms with van der Waals surface area (Å²) in [4.78, 5) is 37.4. The minimum Gasteiger partial charge on any atom is -0.334 e. The predicted molar refractivity (Wildman–Crippen MR) is 158 cm³/mol. The molecule has 0 fully saturated rings. The fourth-order valence-corrected chi connectivity index (χ4v) is 4.97. The molecule has 6 aromatic rings. The molecule has 2 N–H and O–H groups in total. The Morgan fingerprint density at radius 1 is 1.02 bits per heavy atom. The van der Waals surface area contributed by atoms with Crippen LogP contribution in [0.3, 0.4) is 0 Å². The monoisotopic (exact) mass is 638 g/mol. The van der Waals surface area contributed by atoms with Crippen molar-refractivity contribution in [2.24, 2.45) is 0 Å². The Bertz CT molecular complexity index is 2060. The van der Waals surface area contributed by atoms with Gasteiger partial charge in [-0.25, -0.2) is 14.6 Å². The molecule has 3 heterocycles. The molecular formula is C29H19Cl2F3N8O2. The standard InChI is InChI=1S/C29H19Cl2F3N8O2/c30-17-6-9-23(42-14-25(31)39-40-42)19(11-17)21-13-26(43)41(15-35-21)24(10-16-4-2-1-3-5-16)27(44)36-18-7-8-20-22(12-18)38-28(37-20)29(32,33)34/h1-9,11-15,24H,10H2,(H,36,44)(H,37,38). The van der Waals surface area contributed by atoms with Crippen LogP contribution in [0.2, 0.25) is 10.2 Å². The lowest BCUT2D eigenvalue weighted by molar-refractivity contribution is -0.144. The Kier molecular flexibility index (Phi) is 7.66. The Hall–Kier alpha value is -5.01. The minimum absolute atomic E-state index is 0.0840. The summed E-state index contributed by atoms with van der Waals surface area (Å²) in [5.41, 5.74) is 1.86. The number of halogens is 5. The van der Waals surface area contributed by atoms with Crippen LogP contribution < -0.4 is 10.9 Å². The predicted octanol–water partition coefficient (Wildman–Crippen LogP) is 6.12. The van der Waals surface area contributed by atoms with E-state index in [-0.39, 0.29) is 34.0 Å².